The molecule has 3 amide bonds. The van der Waals surface area contributed by atoms with Crippen LogP contribution in [-0.4, -0.2) is 68.7 Å². The molecule has 1 aliphatic carbocycles. The fourth-order valence-corrected chi connectivity index (χ4v) is 6.90. The SMILES string of the molecule is NC(=O)N1CCCC(C(=O)N2CCC3(CC2)C[C@@H]([C@H]2c4ccccc4-c4cncn42)[C@H]3O)C1. The second-order valence-electron chi connectivity index (χ2n) is 10.3. The highest BCUT2D eigenvalue weighted by molar-refractivity contribution is 5.80. The number of likely N-dealkylation sites (tertiary alicyclic amines) is 2. The molecule has 3 N–H and O–H groups in total. The lowest BCUT2D eigenvalue weighted by atomic mass is 9.53. The number of carbonyl (C=O) groups is 2. The topological polar surface area (TPSA) is 105 Å². The highest BCUT2D eigenvalue weighted by Crippen LogP contribution is 2.59. The van der Waals surface area contributed by atoms with Crippen molar-refractivity contribution < 1.29 is 14.7 Å². The molecule has 0 bridgehead atoms. The number of fused-ring (bicyclic) bond motifs is 3. The highest BCUT2D eigenvalue weighted by atomic mass is 16.3. The van der Waals surface area contributed by atoms with Gasteiger partial charge >= 0.3 is 6.03 Å². The van der Waals surface area contributed by atoms with Crippen molar-refractivity contribution in [2.45, 2.75) is 44.2 Å². The summed E-state index contributed by atoms with van der Waals surface area (Å²) in [7, 11) is 0. The molecule has 6 rings (SSSR count). The van der Waals surface area contributed by atoms with E-state index in [0.29, 0.717) is 26.2 Å². The van der Waals surface area contributed by atoms with Crippen LogP contribution in [0.15, 0.2) is 36.8 Å². The lowest BCUT2D eigenvalue weighted by Crippen LogP contribution is -2.60. The van der Waals surface area contributed by atoms with E-state index in [9.17, 15) is 14.7 Å². The smallest absolute Gasteiger partial charge is 0.314 e. The quantitative estimate of drug-likeness (QED) is 0.734. The number of aromatic nitrogens is 2. The van der Waals surface area contributed by atoms with Crippen LogP contribution < -0.4 is 5.73 Å². The number of primary amides is 1. The molecule has 33 heavy (non-hydrogen) atoms. The number of piperidine rings is 2. The Labute approximate surface area is 193 Å². The molecule has 1 aromatic heterocycles. The first-order valence-electron chi connectivity index (χ1n) is 12.1. The van der Waals surface area contributed by atoms with Gasteiger partial charge in [-0.05, 0) is 37.7 Å². The molecule has 2 aromatic rings. The maximum absolute atomic E-state index is 13.1. The number of nitrogens with two attached hydrogens (primary N) is 1. The molecule has 4 aliphatic rings. The van der Waals surface area contributed by atoms with Crippen LogP contribution in [0, 0.1) is 17.3 Å². The second kappa shape index (κ2) is 7.58. The molecule has 1 unspecified atom stereocenters. The Kier molecular flexibility index (Phi) is 4.76. The second-order valence-corrected chi connectivity index (χ2v) is 10.3. The van der Waals surface area contributed by atoms with Gasteiger partial charge in [0.15, 0.2) is 0 Å². The average molecular weight is 450 g/mol. The number of carbonyl (C=O) groups excluding carboxylic acids is 2. The normalized spacial score (nSPS) is 30.0. The van der Waals surface area contributed by atoms with E-state index in [4.69, 9.17) is 5.73 Å². The van der Waals surface area contributed by atoms with Gasteiger partial charge in [-0.2, -0.15) is 0 Å². The molecule has 1 saturated carbocycles. The minimum atomic E-state index is -0.441. The summed E-state index contributed by atoms with van der Waals surface area (Å²) >= 11 is 0. The van der Waals surface area contributed by atoms with Crippen LogP contribution in [0.5, 0.6) is 0 Å². The summed E-state index contributed by atoms with van der Waals surface area (Å²) < 4.78 is 2.22. The predicted molar refractivity (Wildman–Crippen MR) is 122 cm³/mol. The minimum absolute atomic E-state index is 0.106. The molecule has 4 atom stereocenters. The number of hydrogen-bond donors (Lipinski definition) is 2. The molecule has 1 aromatic carbocycles. The minimum Gasteiger partial charge on any atom is -0.392 e. The first kappa shape index (κ1) is 20.7. The number of urea groups is 1. The van der Waals surface area contributed by atoms with Crippen molar-refractivity contribution in [2.24, 2.45) is 23.0 Å². The fourth-order valence-electron chi connectivity index (χ4n) is 6.90. The van der Waals surface area contributed by atoms with Crippen molar-refractivity contribution in [1.82, 2.24) is 19.4 Å². The van der Waals surface area contributed by atoms with Crippen molar-refractivity contribution in [2.75, 3.05) is 26.2 Å². The Balaban J connectivity index is 1.12. The molecule has 1 spiro atoms. The van der Waals surface area contributed by atoms with Gasteiger partial charge in [0.1, 0.15) is 0 Å². The van der Waals surface area contributed by atoms with Crippen LogP contribution in [0.4, 0.5) is 4.79 Å². The zero-order valence-corrected chi connectivity index (χ0v) is 18.8. The van der Waals surface area contributed by atoms with Crippen LogP contribution in [-0.2, 0) is 4.79 Å². The van der Waals surface area contributed by atoms with Gasteiger partial charge in [0, 0.05) is 43.1 Å². The van der Waals surface area contributed by atoms with Crippen molar-refractivity contribution in [1.29, 1.82) is 0 Å². The maximum atomic E-state index is 13.1. The third kappa shape index (κ3) is 3.10. The lowest BCUT2D eigenvalue weighted by molar-refractivity contribution is -0.166. The highest BCUT2D eigenvalue weighted by Gasteiger charge is 2.58. The summed E-state index contributed by atoms with van der Waals surface area (Å²) in [6.45, 7) is 2.41. The van der Waals surface area contributed by atoms with Crippen LogP contribution in [0.1, 0.15) is 43.7 Å². The fraction of sp³-hybridized carbons (Fsp3) is 0.560. The summed E-state index contributed by atoms with van der Waals surface area (Å²) in [6, 6.07) is 8.12. The number of aliphatic hydroxyl groups excluding tert-OH is 1. The third-order valence-electron chi connectivity index (χ3n) is 8.76. The number of rotatable bonds is 2. The van der Waals surface area contributed by atoms with E-state index >= 15 is 0 Å². The standard InChI is InChI=1S/C25H31N5O3/c26-24(33)29-9-3-4-16(14-29)23(32)28-10-7-25(8-11-28)12-19(22(25)31)21-18-6-2-1-5-17(18)20-13-27-15-30(20)21/h1-2,5-6,13,15-16,19,21-22,31H,3-4,7-12,14H2,(H2,26,33)/t16?,19-,21+,22+/m0/s1. The number of amides is 3. The van der Waals surface area contributed by atoms with Crippen molar-refractivity contribution in [3.8, 4) is 11.3 Å². The van der Waals surface area contributed by atoms with Gasteiger partial charge in [0.2, 0.25) is 5.91 Å². The summed E-state index contributed by atoms with van der Waals surface area (Å²) in [4.78, 5) is 32.5. The van der Waals surface area contributed by atoms with Crippen LogP contribution >= 0.6 is 0 Å². The van der Waals surface area contributed by atoms with Gasteiger partial charge in [0.05, 0.1) is 36.3 Å². The van der Waals surface area contributed by atoms with E-state index in [-0.39, 0.29) is 35.3 Å². The van der Waals surface area contributed by atoms with E-state index < -0.39 is 6.03 Å². The zero-order valence-electron chi connectivity index (χ0n) is 18.8. The summed E-state index contributed by atoms with van der Waals surface area (Å²) in [5.74, 6) is 0.134. The van der Waals surface area contributed by atoms with E-state index in [1.807, 2.05) is 17.4 Å². The van der Waals surface area contributed by atoms with Crippen molar-refractivity contribution in [3.63, 3.8) is 0 Å². The van der Waals surface area contributed by atoms with Gasteiger partial charge < -0.3 is 25.2 Å². The maximum Gasteiger partial charge on any atom is 0.314 e. The van der Waals surface area contributed by atoms with Gasteiger partial charge in [-0.3, -0.25) is 4.79 Å². The molecular formula is C25H31N5O3. The Bertz CT molecular complexity index is 1090. The number of nitrogens with zero attached hydrogens (tertiary/aromatic N) is 4. The average Bonchev–Trinajstić information content (AvgIpc) is 3.44. The largest absolute Gasteiger partial charge is 0.392 e. The molecular weight excluding hydrogens is 418 g/mol. The summed E-state index contributed by atoms with van der Waals surface area (Å²) in [5, 5.41) is 11.4. The molecule has 8 heteroatoms. The van der Waals surface area contributed by atoms with Crippen LogP contribution in [0.25, 0.3) is 11.3 Å². The Morgan fingerprint density at radius 2 is 1.91 bits per heavy atom. The molecule has 8 nitrogen and oxygen atoms in total. The first-order chi connectivity index (χ1) is 16.0. The van der Waals surface area contributed by atoms with Gasteiger partial charge in [-0.15, -0.1) is 0 Å². The Morgan fingerprint density at radius 3 is 2.67 bits per heavy atom. The third-order valence-corrected chi connectivity index (χ3v) is 8.76. The first-order valence-corrected chi connectivity index (χ1v) is 12.1. The Hall–Kier alpha value is -2.87. The summed E-state index contributed by atoms with van der Waals surface area (Å²) in [6.07, 6.45) is 7.65. The molecule has 2 saturated heterocycles. The zero-order chi connectivity index (χ0) is 22.7. The van der Waals surface area contributed by atoms with Gasteiger partial charge in [0.25, 0.3) is 0 Å². The number of hydrogen-bond acceptors (Lipinski definition) is 4. The monoisotopic (exact) mass is 449 g/mol. The molecule has 3 fully saturated rings. The Morgan fingerprint density at radius 1 is 1.12 bits per heavy atom. The lowest BCUT2D eigenvalue weighted by Gasteiger charge is -2.58. The van der Waals surface area contributed by atoms with E-state index in [2.05, 4.69) is 33.8 Å². The predicted octanol–water partition coefficient (Wildman–Crippen LogP) is 2.23. The van der Waals surface area contributed by atoms with Crippen LogP contribution in [0.2, 0.25) is 0 Å². The molecule has 4 heterocycles. The van der Waals surface area contributed by atoms with E-state index in [1.54, 1.807) is 4.90 Å². The van der Waals surface area contributed by atoms with E-state index in [1.165, 1.54) is 11.1 Å². The van der Waals surface area contributed by atoms with Gasteiger partial charge in [-0.1, -0.05) is 24.3 Å². The number of aliphatic hydroxyl groups is 1. The molecule has 3 aliphatic heterocycles. The molecule has 0 radical (unpaired) electrons. The summed E-state index contributed by atoms with van der Waals surface area (Å²) in [5.41, 5.74) is 8.94. The van der Waals surface area contributed by atoms with E-state index in [0.717, 1.165) is 37.8 Å². The van der Waals surface area contributed by atoms with Crippen molar-refractivity contribution in [3.05, 3.63) is 42.4 Å². The van der Waals surface area contributed by atoms with Gasteiger partial charge in [-0.25, -0.2) is 9.78 Å². The van der Waals surface area contributed by atoms with Crippen molar-refractivity contribution >= 4 is 11.9 Å². The molecule has 174 valence electrons. The van der Waals surface area contributed by atoms with Crippen LogP contribution in [0.3, 0.4) is 0 Å². The number of imidazole rings is 1. The number of benzene rings is 1.